The number of benzene rings is 2. The Bertz CT molecular complexity index is 864. The molecule has 0 unspecified atom stereocenters. The molecule has 0 spiro atoms. The van der Waals surface area contributed by atoms with Crippen LogP contribution in [0.5, 0.6) is 5.75 Å². The first-order valence-electron chi connectivity index (χ1n) is 9.05. The number of halogens is 1. The topological polar surface area (TPSA) is 74.2 Å². The lowest BCUT2D eigenvalue weighted by Gasteiger charge is -2.23. The number of rotatable bonds is 6. The molecule has 0 atom stereocenters. The van der Waals surface area contributed by atoms with Gasteiger partial charge in [-0.1, -0.05) is 24.3 Å². The molecule has 0 saturated carbocycles. The number of carbonyl (C=O) groups excluding carboxylic acids is 2. The van der Waals surface area contributed by atoms with Gasteiger partial charge in [0, 0.05) is 33.7 Å². The van der Waals surface area contributed by atoms with Crippen molar-refractivity contribution < 1.29 is 14.3 Å². The van der Waals surface area contributed by atoms with E-state index in [2.05, 4.69) is 10.3 Å². The smallest absolute Gasteiger partial charge is 0.261 e. The highest BCUT2D eigenvalue weighted by molar-refractivity contribution is 14.0. The molecular formula is C21H25IN4O3. The van der Waals surface area contributed by atoms with E-state index in [-0.39, 0.29) is 42.3 Å². The summed E-state index contributed by atoms with van der Waals surface area (Å²) in [6.45, 7) is 1.36. The van der Waals surface area contributed by atoms with Crippen molar-refractivity contribution in [3.63, 3.8) is 0 Å². The first-order valence-corrected chi connectivity index (χ1v) is 9.05. The van der Waals surface area contributed by atoms with Crippen LogP contribution in [0, 0.1) is 0 Å². The van der Waals surface area contributed by atoms with Crippen molar-refractivity contribution in [2.75, 3.05) is 34.3 Å². The predicted octanol–water partition coefficient (Wildman–Crippen LogP) is 2.62. The van der Waals surface area contributed by atoms with Crippen molar-refractivity contribution >= 4 is 41.8 Å². The molecule has 1 heterocycles. The van der Waals surface area contributed by atoms with Crippen molar-refractivity contribution in [3.8, 4) is 5.75 Å². The number of hydrogen-bond donors (Lipinski definition) is 1. The fourth-order valence-corrected chi connectivity index (χ4v) is 3.19. The second-order valence-electron chi connectivity index (χ2n) is 6.49. The number of ether oxygens (including phenoxy) is 1. The molecule has 1 aliphatic heterocycles. The molecule has 2 aromatic carbocycles. The van der Waals surface area contributed by atoms with Crippen LogP contribution in [0.3, 0.4) is 0 Å². The molecule has 29 heavy (non-hydrogen) atoms. The van der Waals surface area contributed by atoms with Gasteiger partial charge in [-0.25, -0.2) is 0 Å². The molecule has 0 bridgehead atoms. The number of fused-ring (bicyclic) bond motifs is 1. The van der Waals surface area contributed by atoms with Crippen LogP contribution in [0.1, 0.15) is 26.3 Å². The van der Waals surface area contributed by atoms with E-state index >= 15 is 0 Å². The second kappa shape index (κ2) is 10.2. The Morgan fingerprint density at radius 3 is 2.17 bits per heavy atom. The first-order chi connectivity index (χ1) is 13.5. The lowest BCUT2D eigenvalue weighted by atomic mass is 10.1. The monoisotopic (exact) mass is 508 g/mol. The number of aliphatic imine (C=N–C) groups is 1. The van der Waals surface area contributed by atoms with Gasteiger partial charge in [0.1, 0.15) is 5.75 Å². The van der Waals surface area contributed by atoms with E-state index in [0.29, 0.717) is 30.2 Å². The Balaban J connectivity index is 0.00000300. The summed E-state index contributed by atoms with van der Waals surface area (Å²) in [7, 11) is 5.28. The minimum absolute atomic E-state index is 0. The van der Waals surface area contributed by atoms with Crippen LogP contribution in [-0.4, -0.2) is 61.9 Å². The van der Waals surface area contributed by atoms with E-state index in [1.165, 1.54) is 4.90 Å². The van der Waals surface area contributed by atoms with E-state index in [1.54, 1.807) is 38.4 Å². The van der Waals surface area contributed by atoms with Crippen molar-refractivity contribution in [3.05, 3.63) is 65.2 Å². The number of amides is 2. The van der Waals surface area contributed by atoms with Crippen LogP contribution < -0.4 is 10.1 Å². The summed E-state index contributed by atoms with van der Waals surface area (Å²) in [4.78, 5) is 32.3. The predicted molar refractivity (Wildman–Crippen MR) is 123 cm³/mol. The summed E-state index contributed by atoms with van der Waals surface area (Å²) in [5.74, 6) is 1.01. The highest BCUT2D eigenvalue weighted by Crippen LogP contribution is 2.21. The molecule has 8 heteroatoms. The Hall–Kier alpha value is -2.62. The summed E-state index contributed by atoms with van der Waals surface area (Å²) in [6, 6.07) is 14.7. The molecule has 2 amide bonds. The minimum atomic E-state index is -0.246. The van der Waals surface area contributed by atoms with E-state index in [9.17, 15) is 9.59 Å². The maximum absolute atomic E-state index is 12.4. The van der Waals surface area contributed by atoms with Gasteiger partial charge < -0.3 is 15.0 Å². The maximum atomic E-state index is 12.4. The molecule has 0 radical (unpaired) electrons. The van der Waals surface area contributed by atoms with E-state index in [0.717, 1.165) is 11.3 Å². The van der Waals surface area contributed by atoms with E-state index in [1.807, 2.05) is 36.2 Å². The molecule has 1 aliphatic rings. The number of carbonyl (C=O) groups is 2. The van der Waals surface area contributed by atoms with Gasteiger partial charge in [-0.2, -0.15) is 0 Å². The normalized spacial score (nSPS) is 13.1. The van der Waals surface area contributed by atoms with Crippen LogP contribution >= 0.6 is 24.0 Å². The Morgan fingerprint density at radius 1 is 1.07 bits per heavy atom. The average molecular weight is 508 g/mol. The van der Waals surface area contributed by atoms with Gasteiger partial charge in [0.05, 0.1) is 18.2 Å². The van der Waals surface area contributed by atoms with Gasteiger partial charge >= 0.3 is 0 Å². The summed E-state index contributed by atoms with van der Waals surface area (Å²) in [5, 5.41) is 3.21. The number of nitrogens with zero attached hydrogens (tertiary/aromatic N) is 3. The van der Waals surface area contributed by atoms with Crippen molar-refractivity contribution in [1.82, 2.24) is 15.1 Å². The first kappa shape index (κ1) is 22.7. The Morgan fingerprint density at radius 2 is 1.66 bits per heavy atom. The molecule has 0 aromatic heterocycles. The molecule has 0 aliphatic carbocycles. The SMILES string of the molecule is CN=C(NCCN1C(=O)c2ccccc2C1=O)N(C)Cc1ccc(OC)cc1.I. The minimum Gasteiger partial charge on any atom is -0.497 e. The largest absolute Gasteiger partial charge is 0.497 e. The van der Waals surface area contributed by atoms with Crippen LogP contribution in [0.2, 0.25) is 0 Å². The molecule has 154 valence electrons. The molecular weight excluding hydrogens is 483 g/mol. The van der Waals surface area contributed by atoms with Gasteiger partial charge in [0.25, 0.3) is 11.8 Å². The van der Waals surface area contributed by atoms with E-state index in [4.69, 9.17) is 4.74 Å². The highest BCUT2D eigenvalue weighted by Gasteiger charge is 2.34. The molecule has 3 rings (SSSR count). The summed E-state index contributed by atoms with van der Waals surface area (Å²) >= 11 is 0. The molecule has 7 nitrogen and oxygen atoms in total. The third-order valence-corrected chi connectivity index (χ3v) is 4.65. The average Bonchev–Trinajstić information content (AvgIpc) is 2.96. The highest BCUT2D eigenvalue weighted by atomic mass is 127. The maximum Gasteiger partial charge on any atom is 0.261 e. The number of hydrogen-bond acceptors (Lipinski definition) is 4. The number of methoxy groups -OCH3 is 1. The molecule has 2 aromatic rings. The van der Waals surface area contributed by atoms with Crippen LogP contribution in [0.25, 0.3) is 0 Å². The van der Waals surface area contributed by atoms with E-state index < -0.39 is 0 Å². The Kier molecular flexibility index (Phi) is 8.00. The fraction of sp³-hybridized carbons (Fsp3) is 0.286. The fourth-order valence-electron chi connectivity index (χ4n) is 3.19. The summed E-state index contributed by atoms with van der Waals surface area (Å²) in [5.41, 5.74) is 2.05. The molecule has 0 fully saturated rings. The molecule has 0 saturated heterocycles. The van der Waals surface area contributed by atoms with Gasteiger partial charge in [-0.3, -0.25) is 19.5 Å². The zero-order chi connectivity index (χ0) is 20.1. The zero-order valence-corrected chi connectivity index (χ0v) is 19.0. The van der Waals surface area contributed by atoms with Crippen molar-refractivity contribution in [2.24, 2.45) is 4.99 Å². The van der Waals surface area contributed by atoms with Crippen LogP contribution in [0.15, 0.2) is 53.5 Å². The second-order valence-corrected chi connectivity index (χ2v) is 6.49. The third-order valence-electron chi connectivity index (χ3n) is 4.65. The summed E-state index contributed by atoms with van der Waals surface area (Å²) in [6.07, 6.45) is 0. The standard InChI is InChI=1S/C21H24N4O3.HI/c1-22-21(24(2)14-15-8-10-16(28-3)11-9-15)23-12-13-25-19(26)17-6-4-5-7-18(17)20(25)27;/h4-11H,12-14H2,1-3H3,(H,22,23);1H. The number of imide groups is 1. The number of guanidine groups is 1. The van der Waals surface area contributed by atoms with Gasteiger partial charge in [-0.05, 0) is 29.8 Å². The van der Waals surface area contributed by atoms with Crippen molar-refractivity contribution in [1.29, 1.82) is 0 Å². The van der Waals surface area contributed by atoms with Gasteiger partial charge in [0.2, 0.25) is 0 Å². The number of nitrogens with one attached hydrogen (secondary N) is 1. The summed E-state index contributed by atoms with van der Waals surface area (Å²) < 4.78 is 5.18. The lowest BCUT2D eigenvalue weighted by Crippen LogP contribution is -2.43. The van der Waals surface area contributed by atoms with Crippen LogP contribution in [-0.2, 0) is 6.54 Å². The van der Waals surface area contributed by atoms with Gasteiger partial charge in [0.15, 0.2) is 5.96 Å². The van der Waals surface area contributed by atoms with Gasteiger partial charge in [-0.15, -0.1) is 24.0 Å². The quantitative estimate of drug-likeness (QED) is 0.281. The third kappa shape index (κ3) is 5.06. The molecule has 1 N–H and O–H groups in total. The Labute approximate surface area is 187 Å². The lowest BCUT2D eigenvalue weighted by molar-refractivity contribution is 0.0657. The van der Waals surface area contributed by atoms with Crippen LogP contribution in [0.4, 0.5) is 0 Å². The van der Waals surface area contributed by atoms with Crippen molar-refractivity contribution in [2.45, 2.75) is 6.54 Å². The zero-order valence-electron chi connectivity index (χ0n) is 16.7.